The predicted octanol–water partition coefficient (Wildman–Crippen LogP) is 1.47. The molecule has 4 N–H and O–H groups in total. The molecule has 2 aromatic carbocycles. The van der Waals surface area contributed by atoms with E-state index in [2.05, 4.69) is 10.3 Å². The molecule has 1 aliphatic heterocycles. The lowest BCUT2D eigenvalue weighted by Gasteiger charge is -2.46. The van der Waals surface area contributed by atoms with Crippen molar-refractivity contribution in [3.63, 3.8) is 0 Å². The third-order valence-corrected chi connectivity index (χ3v) is 7.51. The number of amides is 1. The molecule has 0 radical (unpaired) electrons. The van der Waals surface area contributed by atoms with Crippen LogP contribution in [0.2, 0.25) is 5.02 Å². The molecule has 1 saturated carbocycles. The second kappa shape index (κ2) is 11.4. The van der Waals surface area contributed by atoms with Gasteiger partial charge in [-0.15, -0.1) is 5.10 Å². The molecular weight excluding hydrogens is 571 g/mol. The van der Waals surface area contributed by atoms with Gasteiger partial charge in [0.25, 0.3) is 5.91 Å². The summed E-state index contributed by atoms with van der Waals surface area (Å²) in [6.45, 7) is -0.772. The molecule has 2 aliphatic rings. The summed E-state index contributed by atoms with van der Waals surface area (Å²) in [6, 6.07) is 5.28. The third-order valence-electron chi connectivity index (χ3n) is 7.29. The molecule has 7 atom stereocenters. The van der Waals surface area contributed by atoms with Crippen molar-refractivity contribution < 1.29 is 43.1 Å². The zero-order chi connectivity index (χ0) is 29.6. The van der Waals surface area contributed by atoms with E-state index in [1.807, 2.05) is 6.07 Å². The van der Waals surface area contributed by atoms with Crippen LogP contribution < -0.4 is 4.90 Å². The topological polar surface area (TPSA) is 165 Å². The quantitative estimate of drug-likeness (QED) is 0.310. The van der Waals surface area contributed by atoms with Gasteiger partial charge in [0.1, 0.15) is 30.0 Å². The zero-order valence-corrected chi connectivity index (χ0v) is 21.7. The van der Waals surface area contributed by atoms with Crippen LogP contribution in [-0.2, 0) is 9.53 Å². The van der Waals surface area contributed by atoms with Crippen LogP contribution in [0.25, 0.3) is 11.3 Å². The number of nitriles is 1. The fourth-order valence-corrected chi connectivity index (χ4v) is 5.27. The highest BCUT2D eigenvalue weighted by Gasteiger charge is 2.51. The summed E-state index contributed by atoms with van der Waals surface area (Å²) in [7, 11) is 0. The highest BCUT2D eigenvalue weighted by Crippen LogP contribution is 2.37. The molecule has 1 aromatic heterocycles. The molecule has 41 heavy (non-hydrogen) atoms. The number of carbonyl (C=O) groups excluding carboxylic acids is 1. The van der Waals surface area contributed by atoms with E-state index in [1.54, 1.807) is 0 Å². The molecule has 1 amide bonds. The van der Waals surface area contributed by atoms with E-state index >= 15 is 0 Å². The lowest BCUT2D eigenvalue weighted by Crippen LogP contribution is -2.63. The fourth-order valence-electron chi connectivity index (χ4n) is 5.04. The number of nitrogens with zero attached hydrogens (tertiary/aromatic N) is 5. The molecule has 3 aromatic rings. The number of hydrogen-bond acceptors (Lipinski definition) is 9. The van der Waals surface area contributed by atoms with E-state index in [0.717, 1.165) is 15.8 Å². The van der Waals surface area contributed by atoms with Gasteiger partial charge in [-0.25, -0.2) is 17.9 Å². The lowest BCUT2D eigenvalue weighted by molar-refractivity contribution is -0.205. The number of ether oxygens (including phenoxy) is 1. The zero-order valence-electron chi connectivity index (χ0n) is 21.0. The van der Waals surface area contributed by atoms with Gasteiger partial charge in [-0.05, 0) is 43.2 Å². The highest BCUT2D eigenvalue weighted by atomic mass is 35.5. The van der Waals surface area contributed by atoms with Crippen LogP contribution in [-0.4, -0.2) is 84.5 Å². The average molecular weight is 594 g/mol. The van der Waals surface area contributed by atoms with Crippen LogP contribution in [0.4, 0.5) is 18.9 Å². The molecule has 11 nitrogen and oxygen atoms in total. The lowest BCUT2D eigenvalue weighted by atomic mass is 9.85. The number of aromatic nitrogens is 3. The molecule has 1 saturated heterocycles. The summed E-state index contributed by atoms with van der Waals surface area (Å²) in [4.78, 5) is 15.1. The number of anilines is 1. The number of benzene rings is 2. The van der Waals surface area contributed by atoms with Gasteiger partial charge in [0.2, 0.25) is 0 Å². The van der Waals surface area contributed by atoms with Crippen molar-refractivity contribution in [1.29, 1.82) is 5.26 Å². The van der Waals surface area contributed by atoms with Crippen molar-refractivity contribution in [1.82, 2.24) is 15.0 Å². The standard InChI is InChI=1S/C26H23ClF3N5O6/c27-13-3-11(8-31)4-14(7-13)35(18-1-2-19(18)37)26(40)25-24(39)22(23(38)20(10-36)41-25)34-9-17(32-33-34)12-5-15(28)21(30)16(29)6-12/h3-7,9,18-20,22-25,36-39H,1-2,10H2/t18-,19-,20+,22-,23-,24+,25+/m0/s1. The van der Waals surface area contributed by atoms with Gasteiger partial charge < -0.3 is 30.1 Å². The number of rotatable bonds is 6. The summed E-state index contributed by atoms with van der Waals surface area (Å²) in [5.74, 6) is -5.46. The molecular formula is C26H23ClF3N5O6. The van der Waals surface area contributed by atoms with Crippen molar-refractivity contribution in [3.8, 4) is 17.3 Å². The van der Waals surface area contributed by atoms with Gasteiger partial charge in [0.15, 0.2) is 23.6 Å². The molecule has 2 fully saturated rings. The minimum absolute atomic E-state index is 0.134. The van der Waals surface area contributed by atoms with Crippen molar-refractivity contribution in [2.75, 3.05) is 11.5 Å². The Labute approximate surface area is 235 Å². The van der Waals surface area contributed by atoms with E-state index in [0.29, 0.717) is 25.0 Å². The first-order valence-corrected chi connectivity index (χ1v) is 12.8. The predicted molar refractivity (Wildman–Crippen MR) is 135 cm³/mol. The van der Waals surface area contributed by atoms with Gasteiger partial charge in [0.05, 0.1) is 36.6 Å². The van der Waals surface area contributed by atoms with Gasteiger partial charge in [0, 0.05) is 16.3 Å². The molecule has 5 rings (SSSR count). The Balaban J connectivity index is 1.51. The van der Waals surface area contributed by atoms with Crippen molar-refractivity contribution in [3.05, 3.63) is 64.6 Å². The van der Waals surface area contributed by atoms with Crippen molar-refractivity contribution in [2.24, 2.45) is 0 Å². The van der Waals surface area contributed by atoms with E-state index < -0.39 is 72.6 Å². The molecule has 1 aliphatic carbocycles. The van der Waals surface area contributed by atoms with Gasteiger partial charge in [-0.1, -0.05) is 16.8 Å². The summed E-state index contributed by atoms with van der Waals surface area (Å²) in [6.07, 6.45) is -5.58. The summed E-state index contributed by atoms with van der Waals surface area (Å²) < 4.78 is 47.6. The Hall–Kier alpha value is -3.58. The van der Waals surface area contributed by atoms with Gasteiger partial charge in [-0.2, -0.15) is 5.26 Å². The molecule has 0 unspecified atom stereocenters. The first-order chi connectivity index (χ1) is 19.5. The van der Waals surface area contributed by atoms with Crippen molar-refractivity contribution >= 4 is 23.2 Å². The maximum Gasteiger partial charge on any atom is 0.259 e. The summed E-state index contributed by atoms with van der Waals surface area (Å²) in [5, 5.41) is 59.7. The Kier molecular flexibility index (Phi) is 8.02. The van der Waals surface area contributed by atoms with Crippen LogP contribution in [0.1, 0.15) is 24.4 Å². The van der Waals surface area contributed by atoms with Crippen LogP contribution in [0.5, 0.6) is 0 Å². The molecule has 0 bridgehead atoms. The first kappa shape index (κ1) is 28.9. The third kappa shape index (κ3) is 5.28. The summed E-state index contributed by atoms with van der Waals surface area (Å²) in [5.41, 5.74) is -0.0338. The number of aliphatic hydroxyl groups excluding tert-OH is 4. The average Bonchev–Trinajstić information content (AvgIpc) is 3.42. The Morgan fingerprint density at radius 2 is 1.83 bits per heavy atom. The maximum atomic E-state index is 14.0. The minimum atomic E-state index is -1.81. The highest BCUT2D eigenvalue weighted by molar-refractivity contribution is 6.31. The summed E-state index contributed by atoms with van der Waals surface area (Å²) >= 11 is 6.16. The van der Waals surface area contributed by atoms with Crippen LogP contribution in [0.3, 0.4) is 0 Å². The van der Waals surface area contributed by atoms with Crippen LogP contribution in [0.15, 0.2) is 36.5 Å². The van der Waals surface area contributed by atoms with Crippen molar-refractivity contribution in [2.45, 2.75) is 55.4 Å². The molecule has 216 valence electrons. The molecule has 15 heteroatoms. The van der Waals surface area contributed by atoms with Crippen LogP contribution in [0, 0.1) is 28.8 Å². The number of halogens is 4. The Bertz CT molecular complexity index is 1500. The SMILES string of the molecule is N#Cc1cc(Cl)cc(N(C(=O)[C@@H]2O[C@H](CO)[C@H](O)[C@H](n3cc(-c4cc(F)c(F)c(F)c4)nn3)[C@H]2O)[C@H]2CC[C@@H]2O)c1. The number of carbonyl (C=O) groups is 1. The second-order valence-corrected chi connectivity index (χ2v) is 10.3. The smallest absolute Gasteiger partial charge is 0.259 e. The molecule has 0 spiro atoms. The first-order valence-electron chi connectivity index (χ1n) is 12.4. The van der Waals surface area contributed by atoms with E-state index in [-0.39, 0.29) is 27.5 Å². The number of aliphatic hydroxyl groups is 4. The second-order valence-electron chi connectivity index (χ2n) is 9.82. The number of hydrogen-bond donors (Lipinski definition) is 4. The van der Waals surface area contributed by atoms with E-state index in [1.165, 1.54) is 18.2 Å². The van der Waals surface area contributed by atoms with Gasteiger partial charge in [-0.3, -0.25) is 4.79 Å². The fraction of sp³-hybridized carbons (Fsp3) is 0.385. The minimum Gasteiger partial charge on any atom is -0.394 e. The monoisotopic (exact) mass is 593 g/mol. The van der Waals surface area contributed by atoms with Gasteiger partial charge >= 0.3 is 0 Å². The van der Waals surface area contributed by atoms with Crippen LogP contribution >= 0.6 is 11.6 Å². The largest absolute Gasteiger partial charge is 0.394 e. The maximum absolute atomic E-state index is 14.0. The van der Waals surface area contributed by atoms with E-state index in [4.69, 9.17) is 16.3 Å². The van der Waals surface area contributed by atoms with E-state index in [9.17, 15) is 43.7 Å². The molecule has 2 heterocycles. The normalized spacial score (nSPS) is 27.6. The Morgan fingerprint density at radius 3 is 2.41 bits per heavy atom. The Morgan fingerprint density at radius 1 is 1.12 bits per heavy atom.